The highest BCUT2D eigenvalue weighted by atomic mass is 127. The molecule has 0 atom stereocenters. The number of nitrogens with zero attached hydrogens (tertiary/aromatic N) is 1. The molecule has 0 aliphatic carbocycles. The zero-order valence-corrected chi connectivity index (χ0v) is 19.8. The van der Waals surface area contributed by atoms with Crippen molar-refractivity contribution >= 4 is 51.6 Å². The minimum Gasteiger partial charge on any atom is -0.496 e. The molecule has 0 aliphatic heterocycles. The van der Waals surface area contributed by atoms with Crippen LogP contribution in [0.4, 0.5) is 5.69 Å². The Morgan fingerprint density at radius 1 is 1.04 bits per heavy atom. The highest BCUT2D eigenvalue weighted by Gasteiger charge is 2.07. The summed E-state index contributed by atoms with van der Waals surface area (Å²) in [4.78, 5) is 4.25. The Morgan fingerprint density at radius 3 is 2.33 bits per heavy atom. The highest BCUT2D eigenvalue weighted by molar-refractivity contribution is 14.0. The van der Waals surface area contributed by atoms with Crippen LogP contribution in [0.25, 0.3) is 0 Å². The van der Waals surface area contributed by atoms with Crippen LogP contribution in [-0.4, -0.2) is 33.8 Å². The molecule has 2 rings (SSSR count). The maximum atomic E-state index is 5.54. The molecule has 0 saturated carbocycles. The SMILES string of the molecule is CCOc1ccc(NC(=NC)NCc2ccc(OC)c(Br)c2)cc1OC.I. The molecule has 0 heterocycles. The molecule has 8 heteroatoms. The minimum atomic E-state index is 0. The van der Waals surface area contributed by atoms with Gasteiger partial charge in [-0.2, -0.15) is 0 Å². The largest absolute Gasteiger partial charge is 0.496 e. The van der Waals surface area contributed by atoms with E-state index < -0.39 is 0 Å². The number of nitrogens with one attached hydrogen (secondary N) is 2. The molecule has 0 aromatic heterocycles. The van der Waals surface area contributed by atoms with E-state index in [2.05, 4.69) is 31.6 Å². The Labute approximate surface area is 185 Å². The molecule has 0 radical (unpaired) electrons. The first kappa shape index (κ1) is 23.4. The van der Waals surface area contributed by atoms with E-state index in [0.29, 0.717) is 30.6 Å². The fraction of sp³-hybridized carbons (Fsp3) is 0.316. The normalized spacial score (nSPS) is 10.6. The van der Waals surface area contributed by atoms with Gasteiger partial charge in [0, 0.05) is 25.3 Å². The molecule has 0 spiro atoms. The molecule has 0 aliphatic rings. The Hall–Kier alpha value is -1.68. The number of hydrogen-bond acceptors (Lipinski definition) is 4. The van der Waals surface area contributed by atoms with Gasteiger partial charge in [0.25, 0.3) is 0 Å². The zero-order valence-electron chi connectivity index (χ0n) is 15.8. The maximum Gasteiger partial charge on any atom is 0.195 e. The summed E-state index contributed by atoms with van der Waals surface area (Å²) < 4.78 is 17.1. The summed E-state index contributed by atoms with van der Waals surface area (Å²) in [5, 5.41) is 6.53. The molecule has 0 fully saturated rings. The Morgan fingerprint density at radius 2 is 1.74 bits per heavy atom. The smallest absolute Gasteiger partial charge is 0.195 e. The van der Waals surface area contributed by atoms with Gasteiger partial charge in [-0.25, -0.2) is 0 Å². The van der Waals surface area contributed by atoms with Crippen molar-refractivity contribution in [2.75, 3.05) is 33.2 Å². The molecule has 0 unspecified atom stereocenters. The predicted molar refractivity (Wildman–Crippen MR) is 124 cm³/mol. The summed E-state index contributed by atoms with van der Waals surface area (Å²) in [6, 6.07) is 11.6. The van der Waals surface area contributed by atoms with Crippen LogP contribution in [0.3, 0.4) is 0 Å². The van der Waals surface area contributed by atoms with Gasteiger partial charge in [-0.1, -0.05) is 6.07 Å². The van der Waals surface area contributed by atoms with E-state index >= 15 is 0 Å². The lowest BCUT2D eigenvalue weighted by Crippen LogP contribution is -2.30. The second-order valence-electron chi connectivity index (χ2n) is 5.32. The quantitative estimate of drug-likeness (QED) is 0.298. The van der Waals surface area contributed by atoms with Gasteiger partial charge in [0.15, 0.2) is 17.5 Å². The van der Waals surface area contributed by atoms with Crippen molar-refractivity contribution < 1.29 is 14.2 Å². The van der Waals surface area contributed by atoms with Crippen molar-refractivity contribution in [3.05, 3.63) is 46.4 Å². The van der Waals surface area contributed by atoms with Gasteiger partial charge in [-0.15, -0.1) is 24.0 Å². The zero-order chi connectivity index (χ0) is 18.9. The van der Waals surface area contributed by atoms with Crippen molar-refractivity contribution in [1.82, 2.24) is 5.32 Å². The molecule has 0 bridgehead atoms. The van der Waals surface area contributed by atoms with Crippen molar-refractivity contribution in [2.45, 2.75) is 13.5 Å². The Balaban J connectivity index is 0.00000364. The third kappa shape index (κ3) is 6.76. The molecule has 148 valence electrons. The number of ether oxygens (including phenoxy) is 3. The topological polar surface area (TPSA) is 64.1 Å². The number of hydrogen-bond donors (Lipinski definition) is 2. The number of methoxy groups -OCH3 is 2. The average molecular weight is 550 g/mol. The Kier molecular flexibility index (Phi) is 10.3. The lowest BCUT2D eigenvalue weighted by Gasteiger charge is -2.15. The first-order chi connectivity index (χ1) is 12.6. The van der Waals surface area contributed by atoms with Crippen LogP contribution in [0.1, 0.15) is 12.5 Å². The third-order valence-corrected chi connectivity index (χ3v) is 4.25. The fourth-order valence-electron chi connectivity index (χ4n) is 2.34. The van der Waals surface area contributed by atoms with Gasteiger partial charge in [-0.3, -0.25) is 4.99 Å². The van der Waals surface area contributed by atoms with E-state index in [0.717, 1.165) is 21.5 Å². The maximum absolute atomic E-state index is 5.54. The molecular weight excluding hydrogens is 525 g/mol. The minimum absolute atomic E-state index is 0. The number of benzene rings is 2. The summed E-state index contributed by atoms with van der Waals surface area (Å²) in [5.41, 5.74) is 1.96. The number of rotatable bonds is 7. The second kappa shape index (κ2) is 11.9. The van der Waals surface area contributed by atoms with E-state index in [1.165, 1.54) is 0 Å². The Bertz CT molecular complexity index is 772. The molecule has 6 nitrogen and oxygen atoms in total. The molecule has 2 aromatic carbocycles. The summed E-state index contributed by atoms with van der Waals surface area (Å²) in [7, 11) is 5.00. The van der Waals surface area contributed by atoms with E-state index in [9.17, 15) is 0 Å². The third-order valence-electron chi connectivity index (χ3n) is 3.63. The van der Waals surface area contributed by atoms with Crippen molar-refractivity contribution in [3.8, 4) is 17.2 Å². The molecule has 0 amide bonds. The van der Waals surface area contributed by atoms with Crippen LogP contribution >= 0.6 is 39.9 Å². The molecule has 0 saturated heterocycles. The summed E-state index contributed by atoms with van der Waals surface area (Å²) in [6.07, 6.45) is 0. The van der Waals surface area contributed by atoms with E-state index in [4.69, 9.17) is 14.2 Å². The van der Waals surface area contributed by atoms with Crippen LogP contribution < -0.4 is 24.8 Å². The summed E-state index contributed by atoms with van der Waals surface area (Å²) in [5.74, 6) is 2.85. The lowest BCUT2D eigenvalue weighted by molar-refractivity contribution is 0.311. The summed E-state index contributed by atoms with van der Waals surface area (Å²) in [6.45, 7) is 3.15. The van der Waals surface area contributed by atoms with Gasteiger partial charge in [0.05, 0.1) is 25.3 Å². The highest BCUT2D eigenvalue weighted by Crippen LogP contribution is 2.30. The van der Waals surface area contributed by atoms with Crippen molar-refractivity contribution in [2.24, 2.45) is 4.99 Å². The summed E-state index contributed by atoms with van der Waals surface area (Å²) >= 11 is 3.50. The number of halogens is 2. The van der Waals surface area contributed by atoms with Crippen molar-refractivity contribution in [1.29, 1.82) is 0 Å². The lowest BCUT2D eigenvalue weighted by atomic mass is 10.2. The van der Waals surface area contributed by atoms with Gasteiger partial charge >= 0.3 is 0 Å². The van der Waals surface area contributed by atoms with Crippen LogP contribution in [0.5, 0.6) is 17.2 Å². The van der Waals surface area contributed by atoms with Crippen molar-refractivity contribution in [3.63, 3.8) is 0 Å². The van der Waals surface area contributed by atoms with Gasteiger partial charge in [0.1, 0.15) is 5.75 Å². The van der Waals surface area contributed by atoms with Gasteiger partial charge in [0.2, 0.25) is 0 Å². The molecular formula is C19H25BrIN3O3. The molecule has 2 aromatic rings. The first-order valence-corrected chi connectivity index (χ1v) is 9.01. The number of aliphatic imine (C=N–C) groups is 1. The van der Waals surface area contributed by atoms with Gasteiger partial charge < -0.3 is 24.8 Å². The second-order valence-corrected chi connectivity index (χ2v) is 6.17. The van der Waals surface area contributed by atoms with E-state index in [-0.39, 0.29) is 24.0 Å². The standard InChI is InChI=1S/C19H24BrN3O3.HI/c1-5-26-17-9-7-14(11-18(17)25-4)23-19(21-2)22-12-13-6-8-16(24-3)15(20)10-13;/h6-11H,5,12H2,1-4H3,(H2,21,22,23);1H. The van der Waals surface area contributed by atoms with Crippen LogP contribution in [0.2, 0.25) is 0 Å². The van der Waals surface area contributed by atoms with Crippen LogP contribution in [-0.2, 0) is 6.54 Å². The molecule has 2 N–H and O–H groups in total. The average Bonchev–Trinajstić information content (AvgIpc) is 2.66. The van der Waals surface area contributed by atoms with E-state index in [1.807, 2.05) is 43.3 Å². The monoisotopic (exact) mass is 549 g/mol. The number of guanidine groups is 1. The van der Waals surface area contributed by atoms with E-state index in [1.54, 1.807) is 21.3 Å². The predicted octanol–water partition coefficient (Wildman–Crippen LogP) is 4.67. The fourth-order valence-corrected chi connectivity index (χ4v) is 2.93. The van der Waals surface area contributed by atoms with Gasteiger partial charge in [-0.05, 0) is 52.7 Å². The molecule has 27 heavy (non-hydrogen) atoms. The first-order valence-electron chi connectivity index (χ1n) is 8.22. The van der Waals surface area contributed by atoms with Crippen LogP contribution in [0.15, 0.2) is 45.9 Å². The van der Waals surface area contributed by atoms with Crippen LogP contribution in [0, 0.1) is 0 Å². The number of anilines is 1.